The average molecular weight is 368 g/mol. The molecule has 1 aromatic rings. The molecule has 1 aliphatic carbocycles. The van der Waals surface area contributed by atoms with Gasteiger partial charge in [0.05, 0.1) is 15.6 Å². The summed E-state index contributed by atoms with van der Waals surface area (Å²) in [5.74, 6) is 0.789. The number of rotatable bonds is 6. The van der Waals surface area contributed by atoms with Crippen LogP contribution in [0.3, 0.4) is 0 Å². The van der Waals surface area contributed by atoms with Crippen LogP contribution in [0.25, 0.3) is 0 Å². The largest absolute Gasteiger partial charge is 0.481 e. The predicted octanol–water partition coefficient (Wildman–Crippen LogP) is 3.43. The first-order chi connectivity index (χ1) is 9.85. The molecule has 0 saturated heterocycles. The van der Waals surface area contributed by atoms with Gasteiger partial charge in [-0.2, -0.15) is 0 Å². The molecular formula is C15H21Cl3N2O2. The maximum Gasteiger partial charge on any atom is 0.261 e. The van der Waals surface area contributed by atoms with E-state index in [0.29, 0.717) is 28.3 Å². The minimum Gasteiger partial charge on any atom is -0.481 e. The number of carbonyl (C=O) groups excluding carboxylic acids is 1. The molecule has 0 bridgehead atoms. The number of ether oxygens (including phenoxy) is 1. The summed E-state index contributed by atoms with van der Waals surface area (Å²) in [7, 11) is 0. The number of amides is 1. The zero-order valence-electron chi connectivity index (χ0n) is 12.6. The average Bonchev–Trinajstić information content (AvgIpc) is 3.27. The molecule has 1 aliphatic rings. The highest BCUT2D eigenvalue weighted by Gasteiger charge is 2.42. The Bertz CT molecular complexity index is 538. The van der Waals surface area contributed by atoms with Crippen LogP contribution >= 0.6 is 35.6 Å². The third-order valence-corrected chi connectivity index (χ3v) is 4.62. The normalized spacial score (nSPS) is 17.9. The summed E-state index contributed by atoms with van der Waals surface area (Å²) < 4.78 is 5.61. The molecule has 22 heavy (non-hydrogen) atoms. The zero-order valence-corrected chi connectivity index (χ0v) is 14.9. The summed E-state index contributed by atoms with van der Waals surface area (Å²) in [4.78, 5) is 12.3. The van der Waals surface area contributed by atoms with Crippen molar-refractivity contribution in [3.05, 3.63) is 28.2 Å². The molecule has 3 N–H and O–H groups in total. The maximum atomic E-state index is 12.3. The van der Waals surface area contributed by atoms with Gasteiger partial charge in [-0.1, -0.05) is 23.2 Å². The number of carbonyl (C=O) groups is 1. The molecule has 0 heterocycles. The first kappa shape index (κ1) is 19.4. The molecule has 4 nitrogen and oxygen atoms in total. The Balaban J connectivity index is 0.00000242. The lowest BCUT2D eigenvalue weighted by Gasteiger charge is -2.31. The minimum atomic E-state index is -0.633. The fourth-order valence-corrected chi connectivity index (χ4v) is 2.52. The first-order valence-electron chi connectivity index (χ1n) is 6.99. The summed E-state index contributed by atoms with van der Waals surface area (Å²) >= 11 is 11.8. The summed E-state index contributed by atoms with van der Waals surface area (Å²) in [6.07, 6.45) is 1.58. The van der Waals surface area contributed by atoms with E-state index in [9.17, 15) is 4.79 Å². The Morgan fingerprint density at radius 2 is 2.09 bits per heavy atom. The number of nitrogens with two attached hydrogens (primary N) is 1. The van der Waals surface area contributed by atoms with Crippen LogP contribution in [0, 0.1) is 5.92 Å². The highest BCUT2D eigenvalue weighted by Crippen LogP contribution is 2.39. The first-order valence-corrected chi connectivity index (χ1v) is 7.75. The van der Waals surface area contributed by atoms with Crippen LogP contribution in [0.15, 0.2) is 18.2 Å². The van der Waals surface area contributed by atoms with Crippen molar-refractivity contribution in [2.24, 2.45) is 11.7 Å². The molecule has 2 unspecified atom stereocenters. The van der Waals surface area contributed by atoms with Crippen molar-refractivity contribution >= 4 is 41.5 Å². The zero-order chi connectivity index (χ0) is 15.6. The van der Waals surface area contributed by atoms with Gasteiger partial charge >= 0.3 is 0 Å². The lowest BCUT2D eigenvalue weighted by atomic mass is 9.95. The van der Waals surface area contributed by atoms with Crippen LogP contribution < -0.4 is 15.8 Å². The van der Waals surface area contributed by atoms with Crippen molar-refractivity contribution in [1.82, 2.24) is 5.32 Å². The SMILES string of the molecule is CC(Oc1ccc(Cl)c(Cl)c1)C(=O)NC(C)(CN)C1CC1.Cl. The number of halogens is 3. The number of nitrogens with one attached hydrogen (secondary N) is 1. The summed E-state index contributed by atoms with van der Waals surface area (Å²) in [5.41, 5.74) is 5.44. The van der Waals surface area contributed by atoms with Gasteiger partial charge < -0.3 is 15.8 Å². The van der Waals surface area contributed by atoms with Gasteiger partial charge in [0.2, 0.25) is 0 Å². The van der Waals surface area contributed by atoms with E-state index in [1.165, 1.54) is 0 Å². The summed E-state index contributed by atoms with van der Waals surface area (Å²) in [6, 6.07) is 4.91. The van der Waals surface area contributed by atoms with E-state index >= 15 is 0 Å². The van der Waals surface area contributed by atoms with Gasteiger partial charge in [-0.3, -0.25) is 4.79 Å². The highest BCUT2D eigenvalue weighted by molar-refractivity contribution is 6.42. The smallest absolute Gasteiger partial charge is 0.261 e. The lowest BCUT2D eigenvalue weighted by Crippen LogP contribution is -2.56. The minimum absolute atomic E-state index is 0. The van der Waals surface area contributed by atoms with Gasteiger partial charge in [0.15, 0.2) is 6.10 Å². The van der Waals surface area contributed by atoms with Gasteiger partial charge in [-0.05, 0) is 44.7 Å². The monoisotopic (exact) mass is 366 g/mol. The molecule has 1 fully saturated rings. The standard InChI is InChI=1S/C15H20Cl2N2O2.ClH/c1-9(21-11-5-6-12(16)13(17)7-11)14(20)19-15(2,8-18)10-3-4-10;/h5-7,9-10H,3-4,8,18H2,1-2H3,(H,19,20);1H. The van der Waals surface area contributed by atoms with Gasteiger partial charge in [-0.15, -0.1) is 12.4 Å². The third-order valence-electron chi connectivity index (χ3n) is 3.88. The Kier molecular flexibility index (Phi) is 6.81. The molecule has 124 valence electrons. The Morgan fingerprint density at radius 3 is 2.59 bits per heavy atom. The molecule has 0 aliphatic heterocycles. The molecule has 0 radical (unpaired) electrons. The number of hydrogen-bond acceptors (Lipinski definition) is 3. The van der Waals surface area contributed by atoms with Crippen molar-refractivity contribution in [3.63, 3.8) is 0 Å². The van der Waals surface area contributed by atoms with Crippen LogP contribution in [-0.4, -0.2) is 24.1 Å². The third kappa shape index (κ3) is 4.66. The second-order valence-electron chi connectivity index (χ2n) is 5.72. The Labute approximate surface area is 147 Å². The van der Waals surface area contributed by atoms with Crippen LogP contribution in [0.2, 0.25) is 10.0 Å². The predicted molar refractivity (Wildman–Crippen MR) is 92.1 cm³/mol. The summed E-state index contributed by atoms with van der Waals surface area (Å²) in [6.45, 7) is 4.10. The van der Waals surface area contributed by atoms with Crippen molar-refractivity contribution in [2.45, 2.75) is 38.3 Å². The van der Waals surface area contributed by atoms with E-state index in [1.807, 2.05) is 6.92 Å². The topological polar surface area (TPSA) is 64.3 Å². The van der Waals surface area contributed by atoms with E-state index in [0.717, 1.165) is 12.8 Å². The van der Waals surface area contributed by atoms with Crippen molar-refractivity contribution in [1.29, 1.82) is 0 Å². The second-order valence-corrected chi connectivity index (χ2v) is 6.54. The van der Waals surface area contributed by atoms with Crippen molar-refractivity contribution in [2.75, 3.05) is 6.54 Å². The molecule has 0 aromatic heterocycles. The van der Waals surface area contributed by atoms with Crippen LogP contribution in [-0.2, 0) is 4.79 Å². The maximum absolute atomic E-state index is 12.3. The highest BCUT2D eigenvalue weighted by atomic mass is 35.5. The molecule has 2 atom stereocenters. The van der Waals surface area contributed by atoms with Gasteiger partial charge in [0.25, 0.3) is 5.91 Å². The molecular weight excluding hydrogens is 347 g/mol. The van der Waals surface area contributed by atoms with Gasteiger partial charge in [-0.25, -0.2) is 0 Å². The lowest BCUT2D eigenvalue weighted by molar-refractivity contribution is -0.129. The molecule has 1 aromatic carbocycles. The summed E-state index contributed by atoms with van der Waals surface area (Å²) in [5, 5.41) is 3.85. The van der Waals surface area contributed by atoms with E-state index in [2.05, 4.69) is 5.32 Å². The number of hydrogen-bond donors (Lipinski definition) is 2. The molecule has 2 rings (SSSR count). The van der Waals surface area contributed by atoms with Crippen molar-refractivity contribution in [3.8, 4) is 5.75 Å². The molecule has 1 amide bonds. The Hall–Kier alpha value is -0.680. The second kappa shape index (κ2) is 7.73. The van der Waals surface area contributed by atoms with Crippen LogP contribution in [0.4, 0.5) is 0 Å². The molecule has 0 spiro atoms. The van der Waals surface area contributed by atoms with E-state index in [1.54, 1.807) is 25.1 Å². The van der Waals surface area contributed by atoms with Crippen molar-refractivity contribution < 1.29 is 9.53 Å². The van der Waals surface area contributed by atoms with Gasteiger partial charge in [0.1, 0.15) is 5.75 Å². The fraction of sp³-hybridized carbons (Fsp3) is 0.533. The Morgan fingerprint density at radius 1 is 1.45 bits per heavy atom. The molecule has 7 heteroatoms. The molecule has 1 saturated carbocycles. The van der Waals surface area contributed by atoms with E-state index in [4.69, 9.17) is 33.7 Å². The fourth-order valence-electron chi connectivity index (χ4n) is 2.23. The van der Waals surface area contributed by atoms with Crippen LogP contribution in [0.5, 0.6) is 5.75 Å². The van der Waals surface area contributed by atoms with Crippen LogP contribution in [0.1, 0.15) is 26.7 Å². The quantitative estimate of drug-likeness (QED) is 0.809. The number of benzene rings is 1. The van der Waals surface area contributed by atoms with E-state index in [-0.39, 0.29) is 23.9 Å². The van der Waals surface area contributed by atoms with Gasteiger partial charge in [0, 0.05) is 12.6 Å². The van der Waals surface area contributed by atoms with E-state index < -0.39 is 6.10 Å².